The first-order valence-corrected chi connectivity index (χ1v) is 4.60. The van der Waals surface area contributed by atoms with Gasteiger partial charge in [0.2, 0.25) is 0 Å². The van der Waals surface area contributed by atoms with Gasteiger partial charge >= 0.3 is 11.8 Å². The van der Waals surface area contributed by atoms with Crippen molar-refractivity contribution in [3.63, 3.8) is 0 Å². The Hall–Kier alpha value is -1.65. The van der Waals surface area contributed by atoms with Crippen molar-refractivity contribution >= 4 is 11.8 Å². The predicted octanol–water partition coefficient (Wildman–Crippen LogP) is -1.91. The number of amides is 2. The van der Waals surface area contributed by atoms with Gasteiger partial charge in [0.1, 0.15) is 6.54 Å². The number of hydrogen-bond acceptors (Lipinski definition) is 5. The summed E-state index contributed by atoms with van der Waals surface area (Å²) in [5.74, 6) is -1.67. The van der Waals surface area contributed by atoms with Crippen molar-refractivity contribution in [2.45, 2.75) is 6.10 Å². The minimum absolute atomic E-state index is 0.00729. The molecule has 0 heterocycles. The monoisotopic (exact) mass is 229 g/mol. The van der Waals surface area contributed by atoms with E-state index in [1.54, 1.807) is 6.07 Å². The van der Waals surface area contributed by atoms with E-state index in [2.05, 4.69) is 10.1 Å². The van der Waals surface area contributed by atoms with Gasteiger partial charge in [0, 0.05) is 20.7 Å². The van der Waals surface area contributed by atoms with Gasteiger partial charge in [-0.05, 0) is 0 Å². The highest BCUT2D eigenvalue weighted by Gasteiger charge is 2.20. The Morgan fingerprint density at radius 2 is 2.25 bits per heavy atom. The fourth-order valence-electron chi connectivity index (χ4n) is 1.01. The van der Waals surface area contributed by atoms with Gasteiger partial charge in [-0.3, -0.25) is 9.59 Å². The third-order valence-corrected chi connectivity index (χ3v) is 1.71. The van der Waals surface area contributed by atoms with E-state index >= 15 is 0 Å². The van der Waals surface area contributed by atoms with Crippen LogP contribution in [0.5, 0.6) is 0 Å². The van der Waals surface area contributed by atoms with E-state index in [0.29, 0.717) is 0 Å². The van der Waals surface area contributed by atoms with Gasteiger partial charge < -0.3 is 20.1 Å². The lowest BCUT2D eigenvalue weighted by molar-refractivity contribution is -0.145. The number of rotatable bonds is 5. The van der Waals surface area contributed by atoms with Gasteiger partial charge in [-0.25, -0.2) is 0 Å². The van der Waals surface area contributed by atoms with Crippen LogP contribution in [0, 0.1) is 11.3 Å². The minimum Gasteiger partial charge on any atom is -0.389 e. The Kier molecular flexibility index (Phi) is 6.83. The highest BCUT2D eigenvalue weighted by Crippen LogP contribution is 1.91. The third kappa shape index (κ3) is 5.29. The maximum absolute atomic E-state index is 11.3. The fraction of sp³-hybridized carbons (Fsp3) is 0.667. The number of nitriles is 1. The summed E-state index contributed by atoms with van der Waals surface area (Å²) in [6.07, 6.45) is -0.845. The maximum Gasteiger partial charge on any atom is 0.311 e. The van der Waals surface area contributed by atoms with Gasteiger partial charge in [-0.15, -0.1) is 0 Å². The van der Waals surface area contributed by atoms with Crippen LogP contribution in [0.15, 0.2) is 0 Å². The largest absolute Gasteiger partial charge is 0.389 e. The van der Waals surface area contributed by atoms with Crippen molar-refractivity contribution in [2.75, 3.05) is 33.9 Å². The van der Waals surface area contributed by atoms with Crippen LogP contribution in [0.2, 0.25) is 0 Å². The number of nitrogens with one attached hydrogen (secondary N) is 1. The summed E-state index contributed by atoms with van der Waals surface area (Å²) in [7, 11) is 2.80. The van der Waals surface area contributed by atoms with Gasteiger partial charge in [-0.1, -0.05) is 0 Å². The number of nitrogens with zero attached hydrogens (tertiary/aromatic N) is 2. The second kappa shape index (κ2) is 7.62. The molecule has 0 aromatic heterocycles. The summed E-state index contributed by atoms with van der Waals surface area (Å²) < 4.78 is 4.68. The van der Waals surface area contributed by atoms with E-state index in [1.807, 2.05) is 0 Å². The molecule has 90 valence electrons. The topological polar surface area (TPSA) is 103 Å². The number of likely N-dealkylation sites (N-methyl/N-ethyl adjacent to an activating group) is 1. The van der Waals surface area contributed by atoms with Crippen molar-refractivity contribution in [1.29, 1.82) is 5.26 Å². The number of ether oxygens (including phenoxy) is 1. The molecule has 16 heavy (non-hydrogen) atoms. The Bertz CT molecular complexity index is 287. The summed E-state index contributed by atoms with van der Waals surface area (Å²) in [6, 6.07) is 1.68. The normalized spacial score (nSPS) is 11.4. The van der Waals surface area contributed by atoms with E-state index in [1.165, 1.54) is 14.2 Å². The average Bonchev–Trinajstić information content (AvgIpc) is 2.24. The molecule has 7 nitrogen and oxygen atoms in total. The van der Waals surface area contributed by atoms with Crippen LogP contribution in [0.1, 0.15) is 0 Å². The molecule has 0 aliphatic rings. The molecule has 0 aromatic carbocycles. The van der Waals surface area contributed by atoms with E-state index in [0.717, 1.165) is 4.90 Å². The lowest BCUT2D eigenvalue weighted by Crippen LogP contribution is -2.44. The summed E-state index contributed by atoms with van der Waals surface area (Å²) >= 11 is 0. The molecule has 0 rings (SSSR count). The number of methoxy groups -OCH3 is 1. The molecule has 7 heteroatoms. The van der Waals surface area contributed by atoms with Gasteiger partial charge in [0.25, 0.3) is 0 Å². The standard InChI is InChI=1S/C9H15N3O4/c1-12(5-7(13)6-16-2)9(15)8(14)11-4-3-10/h7,13H,4-6H2,1-2H3,(H,11,14). The zero-order valence-electron chi connectivity index (χ0n) is 9.27. The molecular weight excluding hydrogens is 214 g/mol. The first-order chi connectivity index (χ1) is 7.52. The number of hydrogen-bond donors (Lipinski definition) is 2. The minimum atomic E-state index is -0.867. The summed E-state index contributed by atoms with van der Waals surface area (Å²) in [6.45, 7) is -0.150. The highest BCUT2D eigenvalue weighted by molar-refractivity contribution is 6.34. The molecule has 0 fully saturated rings. The molecular formula is C9H15N3O4. The summed E-state index contributed by atoms with van der Waals surface area (Å²) in [5, 5.41) is 19.6. The molecule has 0 aliphatic carbocycles. The van der Waals surface area contributed by atoms with Crippen molar-refractivity contribution in [1.82, 2.24) is 10.2 Å². The Balaban J connectivity index is 4.08. The van der Waals surface area contributed by atoms with Crippen LogP contribution >= 0.6 is 0 Å². The van der Waals surface area contributed by atoms with Crippen molar-refractivity contribution < 1.29 is 19.4 Å². The predicted molar refractivity (Wildman–Crippen MR) is 54.1 cm³/mol. The SMILES string of the molecule is COCC(O)CN(C)C(=O)C(=O)NCC#N. The molecule has 0 aliphatic heterocycles. The van der Waals surface area contributed by atoms with Crippen LogP contribution in [0.25, 0.3) is 0 Å². The molecule has 0 spiro atoms. The average molecular weight is 229 g/mol. The zero-order chi connectivity index (χ0) is 12.6. The maximum atomic E-state index is 11.3. The van der Waals surface area contributed by atoms with Crippen LogP contribution in [0.4, 0.5) is 0 Å². The zero-order valence-corrected chi connectivity index (χ0v) is 9.27. The van der Waals surface area contributed by atoms with E-state index in [9.17, 15) is 14.7 Å². The van der Waals surface area contributed by atoms with Gasteiger partial charge in [-0.2, -0.15) is 5.26 Å². The molecule has 2 N–H and O–H groups in total. The Morgan fingerprint density at radius 3 is 2.75 bits per heavy atom. The second-order valence-corrected chi connectivity index (χ2v) is 3.14. The fourth-order valence-corrected chi connectivity index (χ4v) is 1.01. The quantitative estimate of drug-likeness (QED) is 0.423. The molecule has 1 atom stereocenters. The second-order valence-electron chi connectivity index (χ2n) is 3.14. The highest BCUT2D eigenvalue weighted by atomic mass is 16.5. The van der Waals surface area contributed by atoms with Crippen molar-refractivity contribution in [2.24, 2.45) is 0 Å². The third-order valence-electron chi connectivity index (χ3n) is 1.71. The summed E-state index contributed by atoms with van der Waals surface area (Å²) in [4.78, 5) is 23.5. The summed E-state index contributed by atoms with van der Waals surface area (Å²) in [5.41, 5.74) is 0. The Labute approximate surface area is 93.6 Å². The number of aliphatic hydroxyl groups is 1. The van der Waals surface area contributed by atoms with Crippen molar-refractivity contribution in [3.05, 3.63) is 0 Å². The lowest BCUT2D eigenvalue weighted by atomic mass is 10.3. The Morgan fingerprint density at radius 1 is 1.62 bits per heavy atom. The molecule has 0 saturated heterocycles. The van der Waals surface area contributed by atoms with Crippen LogP contribution in [-0.4, -0.2) is 61.8 Å². The van der Waals surface area contributed by atoms with Crippen LogP contribution in [0.3, 0.4) is 0 Å². The first-order valence-electron chi connectivity index (χ1n) is 4.60. The molecule has 1 unspecified atom stereocenters. The number of carbonyl (C=O) groups excluding carboxylic acids is 2. The van der Waals surface area contributed by atoms with E-state index in [4.69, 9.17) is 5.26 Å². The number of carbonyl (C=O) groups is 2. The van der Waals surface area contributed by atoms with Crippen molar-refractivity contribution in [3.8, 4) is 6.07 Å². The lowest BCUT2D eigenvalue weighted by Gasteiger charge is -2.19. The smallest absolute Gasteiger partial charge is 0.311 e. The van der Waals surface area contributed by atoms with Crippen LogP contribution < -0.4 is 5.32 Å². The molecule has 0 saturated carbocycles. The van der Waals surface area contributed by atoms with E-state index in [-0.39, 0.29) is 19.7 Å². The molecule has 0 aromatic rings. The van der Waals surface area contributed by atoms with Crippen LogP contribution in [-0.2, 0) is 14.3 Å². The van der Waals surface area contributed by atoms with Gasteiger partial charge in [0.15, 0.2) is 0 Å². The molecule has 0 bridgehead atoms. The molecule has 0 radical (unpaired) electrons. The number of aliphatic hydroxyl groups excluding tert-OH is 1. The molecule has 2 amide bonds. The first kappa shape index (κ1) is 14.3. The van der Waals surface area contributed by atoms with Gasteiger partial charge in [0.05, 0.1) is 18.8 Å². The van der Waals surface area contributed by atoms with E-state index < -0.39 is 17.9 Å².